The number of hydrogen-bond donors (Lipinski definition) is 1. The van der Waals surface area contributed by atoms with Crippen LogP contribution in [0.5, 0.6) is 0 Å². The van der Waals surface area contributed by atoms with Gasteiger partial charge in [-0.25, -0.2) is 0 Å². The molecule has 1 saturated carbocycles. The zero-order valence-electron chi connectivity index (χ0n) is 21.5. The Morgan fingerprint density at radius 1 is 0.868 bits per heavy atom. The second-order valence-corrected chi connectivity index (χ2v) is 11.8. The number of halogens is 2. The van der Waals surface area contributed by atoms with Gasteiger partial charge in [0, 0.05) is 46.1 Å². The molecular weight excluding hydrogens is 535 g/mol. The maximum atomic E-state index is 13.8. The van der Waals surface area contributed by atoms with E-state index in [1.165, 1.54) is 6.42 Å². The van der Waals surface area contributed by atoms with Crippen LogP contribution in [-0.2, 0) is 22.6 Å². The average molecular weight is 570 g/mol. The van der Waals surface area contributed by atoms with E-state index in [-0.39, 0.29) is 17.9 Å². The van der Waals surface area contributed by atoms with Gasteiger partial charge in [0.05, 0.1) is 0 Å². The first-order chi connectivity index (χ1) is 18.5. The zero-order valence-corrected chi connectivity index (χ0v) is 23.8. The number of nitrogens with zero attached hydrogens (tertiary/aromatic N) is 1. The number of carbonyl (C=O) groups excluding carboxylic acids is 2. The van der Waals surface area contributed by atoms with Crippen molar-refractivity contribution < 1.29 is 9.59 Å². The number of nitrogens with one attached hydrogen (secondary N) is 1. The van der Waals surface area contributed by atoms with Crippen LogP contribution in [0.1, 0.15) is 49.7 Å². The smallest absolute Gasteiger partial charge is 0.243 e. The van der Waals surface area contributed by atoms with Gasteiger partial charge in [-0.2, -0.15) is 0 Å². The second kappa shape index (κ2) is 14.6. The number of thioether (sulfide) groups is 1. The highest BCUT2D eigenvalue weighted by Crippen LogP contribution is 2.24. The molecule has 0 spiro atoms. The van der Waals surface area contributed by atoms with Crippen LogP contribution in [0.15, 0.2) is 83.8 Å². The second-order valence-electron chi connectivity index (χ2n) is 9.75. The van der Waals surface area contributed by atoms with Gasteiger partial charge in [-0.3, -0.25) is 9.59 Å². The molecule has 0 saturated heterocycles. The molecule has 4 nitrogen and oxygen atoms in total. The van der Waals surface area contributed by atoms with E-state index < -0.39 is 6.04 Å². The average Bonchev–Trinajstić information content (AvgIpc) is 2.93. The highest BCUT2D eigenvalue weighted by Gasteiger charge is 2.31. The van der Waals surface area contributed by atoms with E-state index in [9.17, 15) is 9.59 Å². The molecule has 7 heteroatoms. The van der Waals surface area contributed by atoms with E-state index in [2.05, 4.69) is 5.32 Å². The van der Waals surface area contributed by atoms with Crippen molar-refractivity contribution in [1.29, 1.82) is 0 Å². The lowest BCUT2D eigenvalue weighted by atomic mass is 9.94. The lowest BCUT2D eigenvalue weighted by Gasteiger charge is -2.33. The van der Waals surface area contributed by atoms with E-state index >= 15 is 0 Å². The topological polar surface area (TPSA) is 49.4 Å². The summed E-state index contributed by atoms with van der Waals surface area (Å²) in [5.74, 6) is 0.474. The molecule has 0 radical (unpaired) electrons. The fraction of sp³-hybridized carbons (Fsp3) is 0.355. The molecule has 1 N–H and O–H groups in total. The summed E-state index contributed by atoms with van der Waals surface area (Å²) in [4.78, 5) is 30.4. The quantitative estimate of drug-likeness (QED) is 0.243. The standard InChI is InChI=1S/C31H34Cl2N2O2S/c32-25-14-16-28(17-15-25)38-19-18-30(36)35(22-24-10-7-11-26(33)20-24)29(21-23-8-3-1-4-9-23)31(37)34-27-12-5-2-6-13-27/h1,3-4,7-11,14-17,20,27,29H,2,5-6,12-13,18-19,21-22H2,(H,34,37)/t29-/m0/s1. The van der Waals surface area contributed by atoms with Gasteiger partial charge in [0.25, 0.3) is 0 Å². The monoisotopic (exact) mass is 568 g/mol. The Morgan fingerprint density at radius 3 is 2.29 bits per heavy atom. The molecule has 1 atom stereocenters. The first kappa shape index (κ1) is 28.5. The summed E-state index contributed by atoms with van der Waals surface area (Å²) in [6.45, 7) is 0.320. The highest BCUT2D eigenvalue weighted by atomic mass is 35.5. The van der Waals surface area contributed by atoms with Crippen LogP contribution in [0, 0.1) is 0 Å². The van der Waals surface area contributed by atoms with Gasteiger partial charge in [0.2, 0.25) is 11.8 Å². The van der Waals surface area contributed by atoms with Gasteiger partial charge < -0.3 is 10.2 Å². The van der Waals surface area contributed by atoms with Crippen molar-refractivity contribution in [2.45, 2.75) is 68.5 Å². The Balaban J connectivity index is 1.56. The van der Waals surface area contributed by atoms with Gasteiger partial charge in [0.15, 0.2) is 0 Å². The van der Waals surface area contributed by atoms with Crippen LogP contribution in [-0.4, -0.2) is 34.6 Å². The third-order valence-corrected chi connectivity index (χ3v) is 8.36. The predicted molar refractivity (Wildman–Crippen MR) is 158 cm³/mol. The SMILES string of the molecule is O=C(NC1CCCCC1)[C@H](Cc1ccccc1)N(Cc1cccc(Cl)c1)C(=O)CCSc1ccc(Cl)cc1. The van der Waals surface area contributed by atoms with Crippen LogP contribution < -0.4 is 5.32 Å². The summed E-state index contributed by atoms with van der Waals surface area (Å²) in [6.07, 6.45) is 6.21. The highest BCUT2D eigenvalue weighted by molar-refractivity contribution is 7.99. The van der Waals surface area contributed by atoms with Crippen molar-refractivity contribution in [2.75, 3.05) is 5.75 Å². The molecule has 1 fully saturated rings. The van der Waals surface area contributed by atoms with Crippen molar-refractivity contribution in [1.82, 2.24) is 10.2 Å². The molecule has 0 heterocycles. The molecular formula is C31H34Cl2N2O2S. The van der Waals surface area contributed by atoms with Gasteiger partial charge in [-0.15, -0.1) is 11.8 Å². The fourth-order valence-corrected chi connectivity index (χ4v) is 6.04. The van der Waals surface area contributed by atoms with Crippen molar-refractivity contribution in [3.05, 3.63) is 100 Å². The van der Waals surface area contributed by atoms with Crippen molar-refractivity contribution >= 4 is 46.8 Å². The Morgan fingerprint density at radius 2 is 1.58 bits per heavy atom. The summed E-state index contributed by atoms with van der Waals surface area (Å²) in [6, 6.07) is 24.6. The third kappa shape index (κ3) is 8.79. The number of rotatable bonds is 11. The Kier molecular flexibility index (Phi) is 11.0. The lowest BCUT2D eigenvalue weighted by Crippen LogP contribution is -2.52. The first-order valence-electron chi connectivity index (χ1n) is 13.2. The molecule has 3 aromatic rings. The summed E-state index contributed by atoms with van der Waals surface area (Å²) in [7, 11) is 0. The van der Waals surface area contributed by atoms with Crippen LogP contribution >= 0.6 is 35.0 Å². The Hall–Kier alpha value is -2.47. The summed E-state index contributed by atoms with van der Waals surface area (Å²) < 4.78 is 0. The lowest BCUT2D eigenvalue weighted by molar-refractivity contribution is -0.141. The zero-order chi connectivity index (χ0) is 26.7. The first-order valence-corrected chi connectivity index (χ1v) is 15.0. The van der Waals surface area contributed by atoms with Crippen molar-refractivity contribution in [3.63, 3.8) is 0 Å². The van der Waals surface area contributed by atoms with E-state index in [0.717, 1.165) is 41.7 Å². The Labute approximate surface area is 240 Å². The number of carbonyl (C=O) groups is 2. The minimum absolute atomic E-state index is 0.0498. The number of hydrogen-bond acceptors (Lipinski definition) is 3. The van der Waals surface area contributed by atoms with Crippen LogP contribution in [0.25, 0.3) is 0 Å². The van der Waals surface area contributed by atoms with E-state index in [1.54, 1.807) is 16.7 Å². The van der Waals surface area contributed by atoms with Gasteiger partial charge in [-0.1, -0.05) is 84.9 Å². The fourth-order valence-electron chi connectivity index (χ4n) is 4.86. The molecule has 1 aliphatic carbocycles. The molecule has 0 bridgehead atoms. The minimum Gasteiger partial charge on any atom is -0.352 e. The summed E-state index contributed by atoms with van der Waals surface area (Å²) >= 11 is 13.9. The maximum Gasteiger partial charge on any atom is 0.243 e. The van der Waals surface area contributed by atoms with E-state index in [4.69, 9.17) is 23.2 Å². The van der Waals surface area contributed by atoms with Crippen molar-refractivity contribution in [3.8, 4) is 0 Å². The molecule has 0 unspecified atom stereocenters. The third-order valence-electron chi connectivity index (χ3n) is 6.86. The van der Waals surface area contributed by atoms with Crippen LogP contribution in [0.2, 0.25) is 10.0 Å². The molecule has 0 aromatic heterocycles. The number of amides is 2. The van der Waals surface area contributed by atoms with Crippen molar-refractivity contribution in [2.24, 2.45) is 0 Å². The van der Waals surface area contributed by atoms with Gasteiger partial charge in [0.1, 0.15) is 6.04 Å². The maximum absolute atomic E-state index is 13.8. The molecule has 3 aromatic carbocycles. The summed E-state index contributed by atoms with van der Waals surface area (Å²) in [5, 5.41) is 4.58. The summed E-state index contributed by atoms with van der Waals surface area (Å²) in [5.41, 5.74) is 1.93. The molecule has 4 rings (SSSR count). The molecule has 2 amide bonds. The van der Waals surface area contributed by atoms with Crippen LogP contribution in [0.3, 0.4) is 0 Å². The largest absolute Gasteiger partial charge is 0.352 e. The Bertz CT molecular complexity index is 1180. The molecule has 200 valence electrons. The minimum atomic E-state index is -0.619. The van der Waals surface area contributed by atoms with E-state index in [1.807, 2.05) is 78.9 Å². The van der Waals surface area contributed by atoms with Gasteiger partial charge >= 0.3 is 0 Å². The van der Waals surface area contributed by atoms with Crippen LogP contribution in [0.4, 0.5) is 0 Å². The van der Waals surface area contributed by atoms with E-state index in [0.29, 0.717) is 35.2 Å². The molecule has 1 aliphatic rings. The normalized spacial score (nSPS) is 14.6. The predicted octanol–water partition coefficient (Wildman–Crippen LogP) is 7.56. The molecule has 0 aliphatic heterocycles. The number of benzene rings is 3. The van der Waals surface area contributed by atoms with Gasteiger partial charge in [-0.05, 0) is 60.4 Å². The molecule has 38 heavy (non-hydrogen) atoms.